The number of methoxy groups -OCH3 is 1. The van der Waals surface area contributed by atoms with E-state index in [9.17, 15) is 8.42 Å². The molecule has 0 bridgehead atoms. The summed E-state index contributed by atoms with van der Waals surface area (Å²) < 4.78 is 38.1. The maximum Gasteiger partial charge on any atom is 0.269 e. The van der Waals surface area contributed by atoms with E-state index < -0.39 is 10.0 Å². The van der Waals surface area contributed by atoms with E-state index in [0.717, 1.165) is 5.56 Å². The van der Waals surface area contributed by atoms with Gasteiger partial charge in [-0.15, -0.1) is 11.3 Å². The minimum absolute atomic E-state index is 0.103. The standard InChI is InChI=1S/C19H16N4O4S2/c1-23(14-3-5-15(26-2)6-4-14)29(24,25)16-9-12-28-17(16)19-21-18(22-27-19)13-7-10-20-11-8-13/h3-12H,1-2H3. The minimum Gasteiger partial charge on any atom is -0.497 e. The molecular weight excluding hydrogens is 412 g/mol. The van der Waals surface area contributed by atoms with Crippen molar-refractivity contribution >= 4 is 27.0 Å². The fourth-order valence-corrected chi connectivity index (χ4v) is 5.18. The fraction of sp³-hybridized carbons (Fsp3) is 0.105. The van der Waals surface area contributed by atoms with Crippen LogP contribution in [0, 0.1) is 0 Å². The number of rotatable bonds is 6. The van der Waals surface area contributed by atoms with Crippen LogP contribution < -0.4 is 9.04 Å². The first-order valence-corrected chi connectivity index (χ1v) is 10.8. The van der Waals surface area contributed by atoms with Crippen LogP contribution in [0.1, 0.15) is 0 Å². The van der Waals surface area contributed by atoms with E-state index in [2.05, 4.69) is 15.1 Å². The van der Waals surface area contributed by atoms with Crippen LogP contribution in [0.4, 0.5) is 5.69 Å². The van der Waals surface area contributed by atoms with Gasteiger partial charge in [0.05, 0.1) is 12.8 Å². The SMILES string of the molecule is COc1ccc(N(C)S(=O)(=O)c2ccsc2-c2nc(-c3ccncc3)no2)cc1. The van der Waals surface area contributed by atoms with E-state index in [-0.39, 0.29) is 10.8 Å². The molecule has 0 amide bonds. The summed E-state index contributed by atoms with van der Waals surface area (Å²) >= 11 is 1.22. The Hall–Kier alpha value is -3.24. The number of ether oxygens (including phenoxy) is 1. The van der Waals surface area contributed by atoms with Crippen LogP contribution in [0.2, 0.25) is 0 Å². The molecular formula is C19H16N4O4S2. The molecule has 3 heterocycles. The first-order valence-electron chi connectivity index (χ1n) is 8.45. The number of hydrogen-bond acceptors (Lipinski definition) is 8. The Morgan fingerprint density at radius 2 is 1.79 bits per heavy atom. The van der Waals surface area contributed by atoms with Crippen molar-refractivity contribution in [3.05, 3.63) is 60.2 Å². The number of thiophene rings is 1. The van der Waals surface area contributed by atoms with Crippen molar-refractivity contribution in [2.45, 2.75) is 4.90 Å². The van der Waals surface area contributed by atoms with Crippen LogP contribution in [-0.2, 0) is 10.0 Å². The van der Waals surface area contributed by atoms with E-state index in [1.54, 1.807) is 61.3 Å². The smallest absolute Gasteiger partial charge is 0.269 e. The van der Waals surface area contributed by atoms with Gasteiger partial charge in [-0.25, -0.2) is 8.42 Å². The zero-order chi connectivity index (χ0) is 20.4. The Bertz CT molecular complexity index is 1220. The highest BCUT2D eigenvalue weighted by Crippen LogP contribution is 2.35. The molecule has 148 valence electrons. The second-order valence-corrected chi connectivity index (χ2v) is 8.80. The monoisotopic (exact) mass is 428 g/mol. The third-order valence-corrected chi connectivity index (χ3v) is 7.12. The summed E-state index contributed by atoms with van der Waals surface area (Å²) in [7, 11) is -0.789. The number of hydrogen-bond donors (Lipinski definition) is 0. The van der Waals surface area contributed by atoms with E-state index >= 15 is 0 Å². The molecule has 0 fully saturated rings. The second kappa shape index (κ2) is 7.64. The Balaban J connectivity index is 1.69. The number of pyridine rings is 1. The second-order valence-electron chi connectivity index (χ2n) is 5.94. The number of nitrogens with zero attached hydrogens (tertiary/aromatic N) is 4. The van der Waals surface area contributed by atoms with Crippen molar-refractivity contribution in [1.82, 2.24) is 15.1 Å². The van der Waals surface area contributed by atoms with E-state index in [1.807, 2.05) is 0 Å². The molecule has 1 aromatic carbocycles. The highest BCUT2D eigenvalue weighted by atomic mass is 32.2. The topological polar surface area (TPSA) is 98.4 Å². The van der Waals surface area contributed by atoms with E-state index in [4.69, 9.17) is 9.26 Å². The molecule has 0 radical (unpaired) electrons. The normalized spacial score (nSPS) is 11.4. The van der Waals surface area contributed by atoms with Gasteiger partial charge in [-0.2, -0.15) is 4.98 Å². The molecule has 3 aromatic heterocycles. The lowest BCUT2D eigenvalue weighted by Gasteiger charge is -2.19. The van der Waals surface area contributed by atoms with Gasteiger partial charge in [-0.3, -0.25) is 9.29 Å². The van der Waals surface area contributed by atoms with Crippen molar-refractivity contribution in [3.8, 4) is 27.9 Å². The molecule has 10 heteroatoms. The van der Waals surface area contributed by atoms with Crippen molar-refractivity contribution in [3.63, 3.8) is 0 Å². The molecule has 0 atom stereocenters. The summed E-state index contributed by atoms with van der Waals surface area (Å²) in [5, 5.41) is 5.64. The first kappa shape index (κ1) is 19.1. The molecule has 0 aliphatic heterocycles. The van der Waals surface area contributed by atoms with Crippen molar-refractivity contribution in [1.29, 1.82) is 0 Å². The molecule has 0 unspecified atom stereocenters. The van der Waals surface area contributed by atoms with Crippen molar-refractivity contribution in [2.24, 2.45) is 0 Å². The van der Waals surface area contributed by atoms with Crippen LogP contribution in [-0.4, -0.2) is 37.7 Å². The molecule has 4 rings (SSSR count). The summed E-state index contributed by atoms with van der Waals surface area (Å²) in [6, 6.07) is 11.8. The maximum absolute atomic E-state index is 13.2. The van der Waals surface area contributed by atoms with Gasteiger partial charge in [0.2, 0.25) is 5.82 Å². The van der Waals surface area contributed by atoms with Crippen LogP contribution in [0.3, 0.4) is 0 Å². The number of benzene rings is 1. The average Bonchev–Trinajstić information content (AvgIpc) is 3.43. The van der Waals surface area contributed by atoms with Gasteiger partial charge in [0, 0.05) is 25.0 Å². The summed E-state index contributed by atoms with van der Waals surface area (Å²) in [5.74, 6) is 1.15. The van der Waals surface area contributed by atoms with Gasteiger partial charge in [0.25, 0.3) is 15.9 Å². The van der Waals surface area contributed by atoms with Crippen molar-refractivity contribution in [2.75, 3.05) is 18.5 Å². The molecule has 0 aliphatic rings. The third kappa shape index (κ3) is 3.59. The van der Waals surface area contributed by atoms with Gasteiger partial charge < -0.3 is 9.26 Å². The first-order chi connectivity index (χ1) is 14.0. The van der Waals surface area contributed by atoms with Gasteiger partial charge >= 0.3 is 0 Å². The molecule has 8 nitrogen and oxygen atoms in total. The molecule has 0 N–H and O–H groups in total. The van der Waals surface area contributed by atoms with Crippen LogP contribution in [0.25, 0.3) is 22.2 Å². The molecule has 29 heavy (non-hydrogen) atoms. The van der Waals surface area contributed by atoms with Gasteiger partial charge in [-0.05, 0) is 47.8 Å². The van der Waals surface area contributed by atoms with Gasteiger partial charge in [0.1, 0.15) is 15.5 Å². The molecule has 0 aliphatic carbocycles. The number of anilines is 1. The highest BCUT2D eigenvalue weighted by molar-refractivity contribution is 7.93. The largest absolute Gasteiger partial charge is 0.497 e. The minimum atomic E-state index is -3.84. The Morgan fingerprint density at radius 3 is 2.48 bits per heavy atom. The average molecular weight is 428 g/mol. The fourth-order valence-electron chi connectivity index (χ4n) is 2.67. The van der Waals surface area contributed by atoms with Crippen LogP contribution in [0.5, 0.6) is 5.75 Å². The molecule has 0 spiro atoms. The highest BCUT2D eigenvalue weighted by Gasteiger charge is 2.28. The lowest BCUT2D eigenvalue weighted by Crippen LogP contribution is -2.26. The molecule has 0 saturated carbocycles. The zero-order valence-electron chi connectivity index (χ0n) is 15.5. The van der Waals surface area contributed by atoms with Crippen molar-refractivity contribution < 1.29 is 17.7 Å². The maximum atomic E-state index is 13.2. The summed E-state index contributed by atoms with van der Waals surface area (Å²) in [6.45, 7) is 0. The van der Waals surface area contributed by atoms with Gasteiger partial charge in [-0.1, -0.05) is 5.16 Å². The lowest BCUT2D eigenvalue weighted by atomic mass is 10.2. The summed E-state index contributed by atoms with van der Waals surface area (Å²) in [4.78, 5) is 8.80. The van der Waals surface area contributed by atoms with Gasteiger partial charge in [0.15, 0.2) is 0 Å². The molecule has 0 saturated heterocycles. The van der Waals surface area contributed by atoms with E-state index in [0.29, 0.717) is 22.1 Å². The number of aromatic nitrogens is 3. The Kier molecular flexibility index (Phi) is 5.03. The number of sulfonamides is 1. The zero-order valence-corrected chi connectivity index (χ0v) is 17.1. The van der Waals surface area contributed by atoms with Crippen LogP contribution >= 0.6 is 11.3 Å². The molecule has 4 aromatic rings. The predicted molar refractivity (Wildman–Crippen MR) is 109 cm³/mol. The predicted octanol–water partition coefficient (Wildman–Crippen LogP) is 3.69. The Labute approximate surface area is 171 Å². The Morgan fingerprint density at radius 1 is 1.07 bits per heavy atom. The van der Waals surface area contributed by atoms with Crippen LogP contribution in [0.15, 0.2) is 69.7 Å². The third-order valence-electron chi connectivity index (χ3n) is 4.26. The van der Waals surface area contributed by atoms with E-state index in [1.165, 1.54) is 28.8 Å². The quantitative estimate of drug-likeness (QED) is 0.462. The lowest BCUT2D eigenvalue weighted by molar-refractivity contribution is 0.415. The summed E-state index contributed by atoms with van der Waals surface area (Å²) in [5.41, 5.74) is 1.23. The summed E-state index contributed by atoms with van der Waals surface area (Å²) in [6.07, 6.45) is 3.24.